The summed E-state index contributed by atoms with van der Waals surface area (Å²) in [6, 6.07) is 9.15. The van der Waals surface area contributed by atoms with Gasteiger partial charge in [0.1, 0.15) is 17.5 Å². The molecule has 1 fully saturated rings. The minimum Gasteiger partial charge on any atom is -0.465 e. The molecule has 0 amide bonds. The SMILES string of the molecule is CCOC(=O)[C@]1(C(C)=O)C(C=O)[C@H]1c1ccccc1. The average Bonchev–Trinajstić information content (AvgIpc) is 3.10. The average molecular weight is 260 g/mol. The van der Waals surface area contributed by atoms with Gasteiger partial charge in [-0.2, -0.15) is 0 Å². The zero-order valence-electron chi connectivity index (χ0n) is 11.0. The predicted octanol–water partition coefficient (Wildman–Crippen LogP) is 1.74. The number of benzene rings is 1. The smallest absolute Gasteiger partial charge is 0.321 e. The van der Waals surface area contributed by atoms with E-state index in [2.05, 4.69) is 0 Å². The zero-order chi connectivity index (χ0) is 14.0. The van der Waals surface area contributed by atoms with Crippen LogP contribution < -0.4 is 0 Å². The van der Waals surface area contributed by atoms with Crippen molar-refractivity contribution in [2.45, 2.75) is 19.8 Å². The molecule has 0 N–H and O–H groups in total. The van der Waals surface area contributed by atoms with E-state index in [9.17, 15) is 14.4 Å². The second-order valence-electron chi connectivity index (χ2n) is 4.70. The maximum Gasteiger partial charge on any atom is 0.321 e. The van der Waals surface area contributed by atoms with Gasteiger partial charge in [-0.25, -0.2) is 0 Å². The van der Waals surface area contributed by atoms with Crippen molar-refractivity contribution in [2.75, 3.05) is 6.61 Å². The Morgan fingerprint density at radius 1 is 1.32 bits per heavy atom. The van der Waals surface area contributed by atoms with Crippen LogP contribution in [0.5, 0.6) is 0 Å². The summed E-state index contributed by atoms with van der Waals surface area (Å²) in [4.78, 5) is 35.3. The molecule has 100 valence electrons. The van der Waals surface area contributed by atoms with E-state index < -0.39 is 23.2 Å². The monoisotopic (exact) mass is 260 g/mol. The van der Waals surface area contributed by atoms with Crippen LogP contribution in [0.4, 0.5) is 0 Å². The van der Waals surface area contributed by atoms with Crippen LogP contribution in [-0.2, 0) is 19.1 Å². The lowest BCUT2D eigenvalue weighted by molar-refractivity contribution is -0.154. The Kier molecular flexibility index (Phi) is 3.51. The number of carbonyl (C=O) groups is 3. The van der Waals surface area contributed by atoms with Crippen molar-refractivity contribution < 1.29 is 19.1 Å². The third kappa shape index (κ3) is 1.87. The van der Waals surface area contributed by atoms with Gasteiger partial charge in [0.15, 0.2) is 0 Å². The molecule has 0 bridgehead atoms. The Morgan fingerprint density at radius 3 is 2.42 bits per heavy atom. The van der Waals surface area contributed by atoms with Gasteiger partial charge in [-0.1, -0.05) is 30.3 Å². The summed E-state index contributed by atoms with van der Waals surface area (Å²) in [5.74, 6) is -1.92. The second kappa shape index (κ2) is 4.96. The highest BCUT2D eigenvalue weighted by Crippen LogP contribution is 2.65. The van der Waals surface area contributed by atoms with Crippen molar-refractivity contribution in [3.8, 4) is 0 Å². The molecule has 0 saturated heterocycles. The van der Waals surface area contributed by atoms with Crippen LogP contribution in [0.3, 0.4) is 0 Å². The lowest BCUT2D eigenvalue weighted by Crippen LogP contribution is -2.29. The summed E-state index contributed by atoms with van der Waals surface area (Å²) in [5.41, 5.74) is -0.498. The first-order valence-electron chi connectivity index (χ1n) is 6.29. The highest BCUT2D eigenvalue weighted by atomic mass is 16.5. The van der Waals surface area contributed by atoms with E-state index in [0.29, 0.717) is 6.29 Å². The molecule has 0 aliphatic heterocycles. The molecule has 0 spiro atoms. The van der Waals surface area contributed by atoms with Gasteiger partial charge < -0.3 is 9.53 Å². The largest absolute Gasteiger partial charge is 0.465 e. The summed E-state index contributed by atoms with van der Waals surface area (Å²) in [7, 11) is 0. The number of hydrogen-bond donors (Lipinski definition) is 0. The van der Waals surface area contributed by atoms with Gasteiger partial charge >= 0.3 is 5.97 Å². The fourth-order valence-electron chi connectivity index (χ4n) is 2.84. The normalized spacial score (nSPS) is 28.5. The van der Waals surface area contributed by atoms with Gasteiger partial charge in [0.25, 0.3) is 0 Å². The van der Waals surface area contributed by atoms with Crippen LogP contribution in [0.2, 0.25) is 0 Å². The molecule has 2 rings (SSSR count). The molecule has 0 aromatic heterocycles. The van der Waals surface area contributed by atoms with Gasteiger partial charge in [0.05, 0.1) is 6.61 Å². The van der Waals surface area contributed by atoms with E-state index >= 15 is 0 Å². The summed E-state index contributed by atoms with van der Waals surface area (Å²) >= 11 is 0. The van der Waals surface area contributed by atoms with E-state index in [4.69, 9.17) is 4.74 Å². The van der Waals surface area contributed by atoms with E-state index in [0.717, 1.165) is 5.56 Å². The van der Waals surface area contributed by atoms with Crippen molar-refractivity contribution >= 4 is 18.0 Å². The summed E-state index contributed by atoms with van der Waals surface area (Å²) < 4.78 is 5.00. The van der Waals surface area contributed by atoms with Gasteiger partial charge in [0, 0.05) is 11.8 Å². The molecular formula is C15H16O4. The van der Waals surface area contributed by atoms with Crippen LogP contribution in [0, 0.1) is 11.3 Å². The molecule has 1 saturated carbocycles. The number of rotatable bonds is 5. The van der Waals surface area contributed by atoms with Gasteiger partial charge in [0.2, 0.25) is 0 Å². The fourth-order valence-corrected chi connectivity index (χ4v) is 2.84. The van der Waals surface area contributed by atoms with Crippen molar-refractivity contribution in [1.82, 2.24) is 0 Å². The minimum absolute atomic E-state index is 0.195. The van der Waals surface area contributed by atoms with E-state index in [1.807, 2.05) is 30.3 Å². The van der Waals surface area contributed by atoms with Crippen LogP contribution >= 0.6 is 0 Å². The summed E-state index contributed by atoms with van der Waals surface area (Å²) in [6.07, 6.45) is 0.690. The zero-order valence-corrected chi connectivity index (χ0v) is 11.0. The molecule has 1 aliphatic carbocycles. The number of ketones is 1. The number of hydrogen-bond acceptors (Lipinski definition) is 4. The summed E-state index contributed by atoms with van der Waals surface area (Å²) in [5, 5.41) is 0. The molecule has 1 unspecified atom stereocenters. The number of ether oxygens (including phenoxy) is 1. The van der Waals surface area contributed by atoms with Crippen LogP contribution in [0.1, 0.15) is 25.3 Å². The minimum atomic E-state index is -1.32. The Hall–Kier alpha value is -1.97. The first-order valence-corrected chi connectivity index (χ1v) is 6.29. The van der Waals surface area contributed by atoms with Gasteiger partial charge in [-0.3, -0.25) is 9.59 Å². The second-order valence-corrected chi connectivity index (χ2v) is 4.70. The number of Topliss-reactive ketones (excluding diaryl/α,β-unsaturated/α-hetero) is 1. The molecule has 0 radical (unpaired) electrons. The molecule has 4 heteroatoms. The lowest BCUT2D eigenvalue weighted by atomic mass is 9.94. The van der Waals surface area contributed by atoms with Crippen LogP contribution in [0.25, 0.3) is 0 Å². The Morgan fingerprint density at radius 2 is 1.95 bits per heavy atom. The number of carbonyl (C=O) groups excluding carboxylic acids is 3. The molecular weight excluding hydrogens is 244 g/mol. The molecule has 1 aromatic carbocycles. The molecule has 3 atom stereocenters. The van der Waals surface area contributed by atoms with E-state index in [1.165, 1.54) is 6.92 Å². The highest BCUT2D eigenvalue weighted by molar-refractivity contribution is 6.11. The highest BCUT2D eigenvalue weighted by Gasteiger charge is 2.74. The van der Waals surface area contributed by atoms with E-state index in [-0.39, 0.29) is 12.4 Å². The van der Waals surface area contributed by atoms with Gasteiger partial charge in [-0.15, -0.1) is 0 Å². The third-order valence-corrected chi connectivity index (χ3v) is 3.77. The van der Waals surface area contributed by atoms with Gasteiger partial charge in [-0.05, 0) is 19.4 Å². The first-order chi connectivity index (χ1) is 9.10. The van der Waals surface area contributed by atoms with Crippen molar-refractivity contribution in [3.05, 3.63) is 35.9 Å². The first kappa shape index (κ1) is 13.5. The maximum atomic E-state index is 12.1. The maximum absolute atomic E-state index is 12.1. The quantitative estimate of drug-likeness (QED) is 0.459. The van der Waals surface area contributed by atoms with Crippen molar-refractivity contribution in [2.24, 2.45) is 11.3 Å². The molecule has 4 nitrogen and oxygen atoms in total. The lowest BCUT2D eigenvalue weighted by Gasteiger charge is -2.12. The fraction of sp³-hybridized carbons (Fsp3) is 0.400. The number of aldehydes is 1. The van der Waals surface area contributed by atoms with Crippen molar-refractivity contribution in [1.29, 1.82) is 0 Å². The third-order valence-electron chi connectivity index (χ3n) is 3.77. The molecule has 19 heavy (non-hydrogen) atoms. The Bertz CT molecular complexity index is 508. The predicted molar refractivity (Wildman–Crippen MR) is 68.5 cm³/mol. The van der Waals surface area contributed by atoms with Crippen LogP contribution in [-0.4, -0.2) is 24.6 Å². The topological polar surface area (TPSA) is 60.4 Å². The molecule has 1 aromatic rings. The molecule has 1 aliphatic rings. The van der Waals surface area contributed by atoms with E-state index in [1.54, 1.807) is 6.92 Å². The Labute approximate surface area is 111 Å². The number of esters is 1. The molecule has 0 heterocycles. The van der Waals surface area contributed by atoms with Crippen molar-refractivity contribution in [3.63, 3.8) is 0 Å². The standard InChI is InChI=1S/C15H16O4/c1-3-19-14(18)15(10(2)17)12(9-16)13(15)11-7-5-4-6-8-11/h4-9,12-13H,3H2,1-2H3/t12?,13-,15-/m1/s1. The summed E-state index contributed by atoms with van der Waals surface area (Å²) in [6.45, 7) is 3.22. The Balaban J connectivity index is 2.42. The van der Waals surface area contributed by atoms with Crippen LogP contribution in [0.15, 0.2) is 30.3 Å².